The van der Waals surface area contributed by atoms with Gasteiger partial charge < -0.3 is 13.4 Å². The van der Waals surface area contributed by atoms with E-state index in [0.717, 1.165) is 61.8 Å². The van der Waals surface area contributed by atoms with Gasteiger partial charge in [0.2, 0.25) is 0 Å². The third-order valence-electron chi connectivity index (χ3n) is 9.72. The van der Waals surface area contributed by atoms with Crippen LogP contribution >= 0.6 is 0 Å². The maximum atomic E-state index is 6.10. The molecule has 0 bridgehead atoms. The SMILES string of the molecule is CC1(c2ccc3oc4cccnc4c3c2)C=Cc2c(c3cc(-c4ccc5oc6cccnc6c5c4)ccc3n2-c2ccccc2)C1. The molecule has 0 amide bonds. The highest BCUT2D eigenvalue weighted by Crippen LogP contribution is 2.44. The number of furan rings is 2. The highest BCUT2D eigenvalue weighted by Gasteiger charge is 2.32. The van der Waals surface area contributed by atoms with Gasteiger partial charge in [0, 0.05) is 45.3 Å². The summed E-state index contributed by atoms with van der Waals surface area (Å²) in [5.41, 5.74) is 13.4. The van der Waals surface area contributed by atoms with Crippen molar-refractivity contribution >= 4 is 61.1 Å². The molecule has 0 saturated heterocycles. The molecule has 46 heavy (non-hydrogen) atoms. The van der Waals surface area contributed by atoms with E-state index in [4.69, 9.17) is 8.83 Å². The smallest absolute Gasteiger partial charge is 0.153 e. The van der Waals surface area contributed by atoms with Crippen LogP contribution in [-0.2, 0) is 11.8 Å². The maximum absolute atomic E-state index is 6.10. The highest BCUT2D eigenvalue weighted by atomic mass is 16.3. The van der Waals surface area contributed by atoms with Crippen molar-refractivity contribution in [2.45, 2.75) is 18.8 Å². The molecule has 10 rings (SSSR count). The molecule has 5 nitrogen and oxygen atoms in total. The molecule has 1 unspecified atom stereocenters. The van der Waals surface area contributed by atoms with Crippen molar-refractivity contribution in [3.05, 3.63) is 144 Å². The Morgan fingerprint density at radius 3 is 2.02 bits per heavy atom. The highest BCUT2D eigenvalue weighted by molar-refractivity contribution is 6.05. The number of allylic oxidation sites excluding steroid dienone is 1. The quantitative estimate of drug-likeness (QED) is 0.204. The molecule has 0 fully saturated rings. The average Bonchev–Trinajstić information content (AvgIpc) is 3.77. The van der Waals surface area contributed by atoms with E-state index in [1.807, 2.05) is 36.7 Å². The van der Waals surface area contributed by atoms with Crippen LogP contribution in [0.25, 0.3) is 77.9 Å². The molecule has 1 atom stereocenters. The van der Waals surface area contributed by atoms with Crippen molar-refractivity contribution in [3.63, 3.8) is 0 Å². The lowest BCUT2D eigenvalue weighted by Gasteiger charge is -2.30. The summed E-state index contributed by atoms with van der Waals surface area (Å²) in [6.07, 6.45) is 9.20. The monoisotopic (exact) mass is 593 g/mol. The Morgan fingerprint density at radius 2 is 1.28 bits per heavy atom. The molecule has 5 heterocycles. The van der Waals surface area contributed by atoms with E-state index in [1.54, 1.807) is 0 Å². The van der Waals surface area contributed by atoms with Crippen LogP contribution in [0.4, 0.5) is 0 Å². The Kier molecular flexibility index (Phi) is 5.13. The van der Waals surface area contributed by atoms with Gasteiger partial charge in [0.05, 0.1) is 5.52 Å². The fraction of sp³-hybridized carbons (Fsp3) is 0.0732. The van der Waals surface area contributed by atoms with Crippen molar-refractivity contribution in [2.24, 2.45) is 0 Å². The molecule has 9 aromatic rings. The van der Waals surface area contributed by atoms with Crippen LogP contribution in [0.1, 0.15) is 23.7 Å². The number of para-hydroxylation sites is 1. The summed E-state index contributed by atoms with van der Waals surface area (Å²) in [4.78, 5) is 9.25. The fourth-order valence-corrected chi connectivity index (χ4v) is 7.39. The first-order valence-electron chi connectivity index (χ1n) is 15.6. The minimum atomic E-state index is -0.217. The summed E-state index contributed by atoms with van der Waals surface area (Å²) in [6, 6.07) is 38.3. The zero-order valence-corrected chi connectivity index (χ0v) is 25.1. The lowest BCUT2D eigenvalue weighted by atomic mass is 9.73. The van der Waals surface area contributed by atoms with E-state index in [0.29, 0.717) is 0 Å². The van der Waals surface area contributed by atoms with Gasteiger partial charge in [-0.05, 0) is 108 Å². The Morgan fingerprint density at radius 1 is 0.630 bits per heavy atom. The first kappa shape index (κ1) is 25.4. The lowest BCUT2D eigenvalue weighted by Crippen LogP contribution is -2.25. The molecule has 0 spiro atoms. The molecule has 1 aliphatic carbocycles. The number of hydrogen-bond acceptors (Lipinski definition) is 4. The van der Waals surface area contributed by atoms with E-state index >= 15 is 0 Å². The molecule has 5 aromatic heterocycles. The summed E-state index contributed by atoms with van der Waals surface area (Å²) in [5, 5.41) is 3.35. The second-order valence-electron chi connectivity index (χ2n) is 12.5. The maximum Gasteiger partial charge on any atom is 0.153 e. The van der Waals surface area contributed by atoms with Gasteiger partial charge in [0.25, 0.3) is 0 Å². The number of fused-ring (bicyclic) bond motifs is 9. The molecular weight excluding hydrogens is 566 g/mol. The largest absolute Gasteiger partial charge is 0.454 e. The van der Waals surface area contributed by atoms with E-state index in [1.165, 1.54) is 33.3 Å². The van der Waals surface area contributed by atoms with Gasteiger partial charge in [-0.2, -0.15) is 0 Å². The summed E-state index contributed by atoms with van der Waals surface area (Å²) in [5.74, 6) is 0. The standard InChI is InChI=1S/C41H27N3O2/c1-41(27-13-16-36-31(23-27)40-38(46-36)10-6-20-43-40)18-17-34-32(24-41)29-21-25(11-14-33(29)44(34)28-7-3-2-4-8-28)26-12-15-35-30(22-26)39-37(45-35)9-5-19-42-39/h2-23H,24H2,1H3. The van der Waals surface area contributed by atoms with Crippen LogP contribution in [0.3, 0.4) is 0 Å². The van der Waals surface area contributed by atoms with Crippen molar-refractivity contribution in [2.75, 3.05) is 0 Å². The summed E-state index contributed by atoms with van der Waals surface area (Å²) in [6.45, 7) is 2.34. The molecule has 218 valence electrons. The number of nitrogens with zero attached hydrogens (tertiary/aromatic N) is 3. The zero-order chi connectivity index (χ0) is 30.4. The first-order chi connectivity index (χ1) is 22.6. The van der Waals surface area contributed by atoms with Gasteiger partial charge in [-0.1, -0.05) is 49.4 Å². The van der Waals surface area contributed by atoms with Gasteiger partial charge in [-0.15, -0.1) is 0 Å². The zero-order valence-electron chi connectivity index (χ0n) is 25.1. The number of aromatic nitrogens is 3. The number of pyridine rings is 2. The second kappa shape index (κ2) is 9.29. The predicted octanol–water partition coefficient (Wildman–Crippen LogP) is 10.4. The van der Waals surface area contributed by atoms with Crippen molar-refractivity contribution < 1.29 is 8.83 Å². The molecule has 5 heteroatoms. The Hall–Kier alpha value is -5.94. The molecule has 1 aliphatic rings. The fourth-order valence-electron chi connectivity index (χ4n) is 7.39. The van der Waals surface area contributed by atoms with Gasteiger partial charge >= 0.3 is 0 Å². The van der Waals surface area contributed by atoms with Gasteiger partial charge in [-0.3, -0.25) is 9.97 Å². The minimum absolute atomic E-state index is 0.217. The summed E-state index contributed by atoms with van der Waals surface area (Å²) >= 11 is 0. The van der Waals surface area contributed by atoms with Crippen LogP contribution in [0.15, 0.2) is 136 Å². The second-order valence-corrected chi connectivity index (χ2v) is 12.5. The van der Waals surface area contributed by atoms with Gasteiger partial charge in [-0.25, -0.2) is 0 Å². The van der Waals surface area contributed by atoms with Gasteiger partial charge in [0.1, 0.15) is 22.2 Å². The first-order valence-corrected chi connectivity index (χ1v) is 15.6. The Balaban J connectivity index is 1.16. The van der Waals surface area contributed by atoms with Crippen molar-refractivity contribution in [1.82, 2.24) is 14.5 Å². The third kappa shape index (κ3) is 3.63. The predicted molar refractivity (Wildman–Crippen MR) is 185 cm³/mol. The van der Waals surface area contributed by atoms with Crippen LogP contribution in [0.2, 0.25) is 0 Å². The Bertz CT molecular complexity index is 2690. The molecule has 0 aliphatic heterocycles. The minimum Gasteiger partial charge on any atom is -0.454 e. The van der Waals surface area contributed by atoms with E-state index in [-0.39, 0.29) is 5.41 Å². The molecule has 0 radical (unpaired) electrons. The van der Waals surface area contributed by atoms with Crippen molar-refractivity contribution in [1.29, 1.82) is 0 Å². The van der Waals surface area contributed by atoms with Gasteiger partial charge in [0.15, 0.2) is 11.2 Å². The van der Waals surface area contributed by atoms with Crippen LogP contribution in [-0.4, -0.2) is 14.5 Å². The molecule has 4 aromatic carbocycles. The van der Waals surface area contributed by atoms with Crippen LogP contribution in [0, 0.1) is 0 Å². The summed E-state index contributed by atoms with van der Waals surface area (Å²) in [7, 11) is 0. The molecule has 0 N–H and O–H groups in total. The van der Waals surface area contributed by atoms with E-state index in [2.05, 4.69) is 119 Å². The van der Waals surface area contributed by atoms with Crippen LogP contribution < -0.4 is 0 Å². The number of rotatable bonds is 3. The summed E-state index contributed by atoms with van der Waals surface area (Å²) < 4.78 is 14.6. The van der Waals surface area contributed by atoms with Crippen molar-refractivity contribution in [3.8, 4) is 16.8 Å². The van der Waals surface area contributed by atoms with E-state index < -0.39 is 0 Å². The average molecular weight is 594 g/mol. The lowest BCUT2D eigenvalue weighted by molar-refractivity contribution is 0.588. The third-order valence-corrected chi connectivity index (χ3v) is 9.72. The Labute approximate surface area is 264 Å². The topological polar surface area (TPSA) is 57.0 Å². The normalized spacial score (nSPS) is 16.3. The number of benzene rings is 4. The van der Waals surface area contributed by atoms with Crippen LogP contribution in [0.5, 0.6) is 0 Å². The van der Waals surface area contributed by atoms with E-state index in [9.17, 15) is 0 Å². The molecular formula is C41H27N3O2. The number of hydrogen-bond donors (Lipinski definition) is 0. The molecule has 0 saturated carbocycles.